The van der Waals surface area contributed by atoms with Crippen LogP contribution in [-0.2, 0) is 13.0 Å². The minimum atomic E-state index is 0. The summed E-state index contributed by atoms with van der Waals surface area (Å²) in [4.78, 5) is 10.1. The Bertz CT molecular complexity index is 687. The topological polar surface area (TPSA) is 58.5 Å². The van der Waals surface area contributed by atoms with Gasteiger partial charge in [0.25, 0.3) is 0 Å². The number of nitrogens with one attached hydrogen (secondary N) is 2. The lowest BCUT2D eigenvalue weighted by atomic mass is 10.1. The van der Waals surface area contributed by atoms with Gasteiger partial charge in [0, 0.05) is 18.0 Å². The number of methoxy groups -OCH3 is 1. The second-order valence-corrected chi connectivity index (χ2v) is 6.48. The van der Waals surface area contributed by atoms with Gasteiger partial charge in [0.05, 0.1) is 24.9 Å². The van der Waals surface area contributed by atoms with Crippen molar-refractivity contribution in [1.29, 1.82) is 0 Å². The Morgan fingerprint density at radius 1 is 1.28 bits per heavy atom. The zero-order valence-electron chi connectivity index (χ0n) is 15.3. The van der Waals surface area contributed by atoms with Gasteiger partial charge in [-0.25, -0.2) is 9.98 Å². The summed E-state index contributed by atoms with van der Waals surface area (Å²) in [5, 5.41) is 6.67. The van der Waals surface area contributed by atoms with Crippen LogP contribution in [0.3, 0.4) is 0 Å². The second-order valence-electron chi connectivity index (χ2n) is 5.54. The number of hydrogen-bond acceptors (Lipinski definition) is 4. The fourth-order valence-electron chi connectivity index (χ4n) is 2.32. The van der Waals surface area contributed by atoms with Crippen LogP contribution in [0, 0.1) is 13.8 Å². The van der Waals surface area contributed by atoms with Crippen LogP contribution in [-0.4, -0.2) is 31.1 Å². The summed E-state index contributed by atoms with van der Waals surface area (Å²) in [6, 6.07) is 6.34. The number of rotatable bonds is 7. The molecule has 0 spiro atoms. The highest BCUT2D eigenvalue weighted by Crippen LogP contribution is 2.19. The molecule has 0 aliphatic rings. The number of thiazole rings is 1. The van der Waals surface area contributed by atoms with Gasteiger partial charge in [-0.05, 0) is 44.4 Å². The van der Waals surface area contributed by atoms with E-state index in [9.17, 15) is 0 Å². The molecule has 0 bridgehead atoms. The van der Waals surface area contributed by atoms with E-state index in [-0.39, 0.29) is 24.0 Å². The van der Waals surface area contributed by atoms with Crippen LogP contribution >= 0.6 is 35.3 Å². The Kier molecular flexibility index (Phi) is 9.81. The van der Waals surface area contributed by atoms with Crippen LogP contribution in [0.1, 0.15) is 28.6 Å². The standard InChI is InChI=1S/C18H26N4OS.HI/c1-5-19-18(21-11-17-14(3)22-12-24-17)20-9-8-15-7-6-13(2)16(10-15)23-4;/h6-7,10,12H,5,8-9,11H2,1-4H3,(H2,19,20,21);1H. The van der Waals surface area contributed by atoms with Crippen LogP contribution in [0.4, 0.5) is 0 Å². The van der Waals surface area contributed by atoms with Gasteiger partial charge in [0.15, 0.2) is 5.96 Å². The Hall–Kier alpha value is -1.35. The number of halogens is 1. The van der Waals surface area contributed by atoms with Crippen LogP contribution in [0.15, 0.2) is 28.7 Å². The lowest BCUT2D eigenvalue weighted by molar-refractivity contribution is 0.411. The third-order valence-corrected chi connectivity index (χ3v) is 4.67. The zero-order valence-corrected chi connectivity index (χ0v) is 18.4. The van der Waals surface area contributed by atoms with Gasteiger partial charge in [0.2, 0.25) is 0 Å². The SMILES string of the molecule is CCNC(=NCc1scnc1C)NCCc1ccc(C)c(OC)c1.I. The number of aliphatic imine (C=N–C) groups is 1. The molecule has 1 heterocycles. The first-order valence-corrected chi connectivity index (χ1v) is 9.06. The largest absolute Gasteiger partial charge is 0.496 e. The summed E-state index contributed by atoms with van der Waals surface area (Å²) in [6.07, 6.45) is 0.917. The number of aromatic nitrogens is 1. The van der Waals surface area contributed by atoms with E-state index in [0.29, 0.717) is 6.54 Å². The summed E-state index contributed by atoms with van der Waals surface area (Å²) in [7, 11) is 1.71. The van der Waals surface area contributed by atoms with Crippen LogP contribution in [0.5, 0.6) is 5.75 Å². The van der Waals surface area contributed by atoms with Crippen molar-refractivity contribution in [2.45, 2.75) is 33.7 Å². The van der Waals surface area contributed by atoms with Crippen molar-refractivity contribution in [1.82, 2.24) is 15.6 Å². The fraction of sp³-hybridized carbons (Fsp3) is 0.444. The van der Waals surface area contributed by atoms with E-state index in [1.54, 1.807) is 18.4 Å². The molecule has 1 aromatic carbocycles. The monoisotopic (exact) mass is 474 g/mol. The highest BCUT2D eigenvalue weighted by molar-refractivity contribution is 14.0. The zero-order chi connectivity index (χ0) is 17.4. The molecule has 0 saturated carbocycles. The van der Waals surface area contributed by atoms with Crippen molar-refractivity contribution < 1.29 is 4.74 Å². The lowest BCUT2D eigenvalue weighted by Crippen LogP contribution is -2.38. The van der Waals surface area contributed by atoms with E-state index in [1.165, 1.54) is 10.4 Å². The number of ether oxygens (including phenoxy) is 1. The molecule has 2 N–H and O–H groups in total. The summed E-state index contributed by atoms with van der Waals surface area (Å²) in [6.45, 7) is 8.46. The molecule has 5 nitrogen and oxygen atoms in total. The molecule has 0 radical (unpaired) electrons. The van der Waals surface area contributed by atoms with E-state index in [0.717, 1.165) is 42.5 Å². The van der Waals surface area contributed by atoms with E-state index in [1.807, 2.05) is 12.4 Å². The first kappa shape index (κ1) is 21.7. The van der Waals surface area contributed by atoms with Gasteiger partial charge >= 0.3 is 0 Å². The third kappa shape index (κ3) is 6.81. The van der Waals surface area contributed by atoms with Crippen molar-refractivity contribution in [3.63, 3.8) is 0 Å². The van der Waals surface area contributed by atoms with Crippen molar-refractivity contribution >= 4 is 41.3 Å². The normalized spacial score (nSPS) is 11.0. The van der Waals surface area contributed by atoms with Gasteiger partial charge in [0.1, 0.15) is 5.75 Å². The number of aryl methyl sites for hydroxylation is 2. The molecule has 0 atom stereocenters. The van der Waals surface area contributed by atoms with Crippen LogP contribution in [0.25, 0.3) is 0 Å². The lowest BCUT2D eigenvalue weighted by Gasteiger charge is -2.12. The number of benzene rings is 1. The molecule has 2 aromatic rings. The number of hydrogen-bond donors (Lipinski definition) is 2. The first-order valence-electron chi connectivity index (χ1n) is 8.18. The van der Waals surface area contributed by atoms with Gasteiger partial charge in [-0.3, -0.25) is 0 Å². The average molecular weight is 474 g/mol. The van der Waals surface area contributed by atoms with Crippen molar-refractivity contribution in [2.75, 3.05) is 20.2 Å². The van der Waals surface area contributed by atoms with E-state index >= 15 is 0 Å². The quantitative estimate of drug-likeness (QED) is 0.365. The third-order valence-electron chi connectivity index (χ3n) is 3.75. The Morgan fingerprint density at radius 2 is 2.08 bits per heavy atom. The molecular formula is C18H27IN4OS. The van der Waals surface area contributed by atoms with Gasteiger partial charge in [-0.15, -0.1) is 35.3 Å². The number of guanidine groups is 1. The maximum atomic E-state index is 5.38. The highest BCUT2D eigenvalue weighted by atomic mass is 127. The van der Waals surface area contributed by atoms with Gasteiger partial charge < -0.3 is 15.4 Å². The van der Waals surface area contributed by atoms with E-state index in [2.05, 4.69) is 52.7 Å². The molecule has 0 unspecified atom stereocenters. The summed E-state index contributed by atoms with van der Waals surface area (Å²) >= 11 is 1.65. The first-order chi connectivity index (χ1) is 11.6. The maximum Gasteiger partial charge on any atom is 0.191 e. The van der Waals surface area contributed by atoms with E-state index < -0.39 is 0 Å². The van der Waals surface area contributed by atoms with Crippen molar-refractivity contribution in [2.24, 2.45) is 4.99 Å². The molecular weight excluding hydrogens is 447 g/mol. The Morgan fingerprint density at radius 3 is 2.72 bits per heavy atom. The van der Waals surface area contributed by atoms with Crippen LogP contribution in [0.2, 0.25) is 0 Å². The minimum absolute atomic E-state index is 0. The summed E-state index contributed by atoms with van der Waals surface area (Å²) in [5.41, 5.74) is 5.33. The molecule has 0 aliphatic heterocycles. The molecule has 0 saturated heterocycles. The molecule has 2 rings (SSSR count). The molecule has 25 heavy (non-hydrogen) atoms. The molecule has 0 fully saturated rings. The highest BCUT2D eigenvalue weighted by Gasteiger charge is 2.03. The number of nitrogens with zero attached hydrogens (tertiary/aromatic N) is 2. The predicted octanol–water partition coefficient (Wildman–Crippen LogP) is 3.68. The molecule has 0 amide bonds. The Balaban J connectivity index is 0.00000312. The smallest absolute Gasteiger partial charge is 0.191 e. The molecule has 1 aromatic heterocycles. The predicted molar refractivity (Wildman–Crippen MR) is 117 cm³/mol. The Labute approximate surface area is 171 Å². The second kappa shape index (κ2) is 11.3. The van der Waals surface area contributed by atoms with Crippen molar-refractivity contribution in [3.8, 4) is 5.75 Å². The fourth-order valence-corrected chi connectivity index (χ4v) is 3.02. The van der Waals surface area contributed by atoms with Gasteiger partial charge in [-0.2, -0.15) is 0 Å². The maximum absolute atomic E-state index is 5.38. The van der Waals surface area contributed by atoms with E-state index in [4.69, 9.17) is 4.74 Å². The molecule has 0 aliphatic carbocycles. The van der Waals surface area contributed by atoms with Crippen LogP contribution < -0.4 is 15.4 Å². The summed E-state index contributed by atoms with van der Waals surface area (Å²) < 4.78 is 5.38. The van der Waals surface area contributed by atoms with Crippen molar-refractivity contribution in [3.05, 3.63) is 45.4 Å². The van der Waals surface area contributed by atoms with Gasteiger partial charge in [-0.1, -0.05) is 12.1 Å². The molecule has 7 heteroatoms. The summed E-state index contributed by atoms with van der Waals surface area (Å²) in [5.74, 6) is 1.78. The minimum Gasteiger partial charge on any atom is -0.496 e. The average Bonchev–Trinajstić information content (AvgIpc) is 2.99. The molecule has 138 valence electrons.